The lowest BCUT2D eigenvalue weighted by atomic mass is 10.1. The maximum absolute atomic E-state index is 12.0. The van der Waals surface area contributed by atoms with Crippen molar-refractivity contribution in [3.05, 3.63) is 0 Å². The maximum Gasteiger partial charge on any atom is 0.404 e. The molecular formula is C8H13F3N2O2. The van der Waals surface area contributed by atoms with Crippen LogP contribution in [0.5, 0.6) is 0 Å². The SMILES string of the molecule is NC(=O)OC1CCN(CC(F)(F)F)CC1. The van der Waals surface area contributed by atoms with E-state index in [1.807, 2.05) is 0 Å². The van der Waals surface area contributed by atoms with Crippen molar-refractivity contribution in [1.29, 1.82) is 0 Å². The Morgan fingerprint density at radius 2 is 1.93 bits per heavy atom. The topological polar surface area (TPSA) is 55.6 Å². The van der Waals surface area contributed by atoms with Gasteiger partial charge in [-0.05, 0) is 12.8 Å². The molecule has 0 radical (unpaired) electrons. The van der Waals surface area contributed by atoms with Crippen molar-refractivity contribution in [3.8, 4) is 0 Å². The molecule has 1 aliphatic rings. The number of piperidine rings is 1. The lowest BCUT2D eigenvalue weighted by molar-refractivity contribution is -0.149. The van der Waals surface area contributed by atoms with Gasteiger partial charge in [0.2, 0.25) is 0 Å². The van der Waals surface area contributed by atoms with Crippen LogP contribution < -0.4 is 5.73 Å². The molecule has 1 rings (SSSR count). The van der Waals surface area contributed by atoms with Crippen molar-refractivity contribution in [2.75, 3.05) is 19.6 Å². The summed E-state index contributed by atoms with van der Waals surface area (Å²) in [7, 11) is 0. The number of halogens is 3. The van der Waals surface area contributed by atoms with Gasteiger partial charge in [-0.1, -0.05) is 0 Å². The fraction of sp³-hybridized carbons (Fsp3) is 0.875. The molecule has 1 amide bonds. The predicted octanol–water partition coefficient (Wildman–Crippen LogP) is 1.11. The lowest BCUT2D eigenvalue weighted by Gasteiger charge is -2.31. The number of alkyl halides is 3. The molecule has 0 aromatic heterocycles. The van der Waals surface area contributed by atoms with Crippen molar-refractivity contribution in [2.45, 2.75) is 25.1 Å². The average molecular weight is 226 g/mol. The smallest absolute Gasteiger partial charge is 0.404 e. The standard InChI is InChI=1S/C8H13F3N2O2/c9-8(10,11)5-13-3-1-6(2-4-13)15-7(12)14/h6H,1-5H2,(H2,12,14). The minimum atomic E-state index is -4.17. The van der Waals surface area contributed by atoms with Crippen LogP contribution in [0.15, 0.2) is 0 Å². The van der Waals surface area contributed by atoms with E-state index in [9.17, 15) is 18.0 Å². The summed E-state index contributed by atoms with van der Waals surface area (Å²) in [4.78, 5) is 11.7. The third kappa shape index (κ3) is 4.87. The summed E-state index contributed by atoms with van der Waals surface area (Å²) in [6.45, 7) is -0.356. The van der Waals surface area contributed by atoms with Crippen LogP contribution in [0.3, 0.4) is 0 Å². The molecule has 15 heavy (non-hydrogen) atoms. The molecule has 7 heteroatoms. The third-order valence-electron chi connectivity index (χ3n) is 2.22. The van der Waals surface area contributed by atoms with Gasteiger partial charge in [-0.25, -0.2) is 4.79 Å². The van der Waals surface area contributed by atoms with Gasteiger partial charge in [0, 0.05) is 13.1 Å². The van der Waals surface area contributed by atoms with E-state index < -0.39 is 18.8 Å². The van der Waals surface area contributed by atoms with Crippen LogP contribution >= 0.6 is 0 Å². The Labute approximate surface area is 85.2 Å². The van der Waals surface area contributed by atoms with Gasteiger partial charge in [-0.3, -0.25) is 4.90 Å². The number of nitrogens with zero attached hydrogens (tertiary/aromatic N) is 1. The minimum absolute atomic E-state index is 0.275. The predicted molar refractivity (Wildman–Crippen MR) is 46.2 cm³/mol. The van der Waals surface area contributed by atoms with Gasteiger partial charge >= 0.3 is 12.3 Å². The summed E-state index contributed by atoms with van der Waals surface area (Å²) in [5.41, 5.74) is 4.80. The van der Waals surface area contributed by atoms with E-state index in [0.717, 1.165) is 0 Å². The van der Waals surface area contributed by atoms with Crippen molar-refractivity contribution < 1.29 is 22.7 Å². The molecule has 0 atom stereocenters. The van der Waals surface area contributed by atoms with Gasteiger partial charge in [0.05, 0.1) is 6.54 Å². The Hall–Kier alpha value is -0.980. The second-order valence-electron chi connectivity index (χ2n) is 3.53. The number of rotatable bonds is 2. The highest BCUT2D eigenvalue weighted by atomic mass is 19.4. The number of hydrogen-bond donors (Lipinski definition) is 1. The van der Waals surface area contributed by atoms with Crippen molar-refractivity contribution >= 4 is 6.09 Å². The van der Waals surface area contributed by atoms with Gasteiger partial charge in [-0.2, -0.15) is 13.2 Å². The highest BCUT2D eigenvalue weighted by molar-refractivity contribution is 5.64. The second kappa shape index (κ2) is 4.69. The van der Waals surface area contributed by atoms with Crippen LogP contribution in [0.4, 0.5) is 18.0 Å². The lowest BCUT2D eigenvalue weighted by Crippen LogP contribution is -2.42. The van der Waals surface area contributed by atoms with Crippen LogP contribution in [-0.2, 0) is 4.74 Å². The van der Waals surface area contributed by atoms with E-state index in [-0.39, 0.29) is 19.2 Å². The fourth-order valence-corrected chi connectivity index (χ4v) is 1.60. The van der Waals surface area contributed by atoms with Crippen LogP contribution in [0, 0.1) is 0 Å². The molecule has 0 aromatic carbocycles. The van der Waals surface area contributed by atoms with E-state index in [1.165, 1.54) is 4.90 Å². The van der Waals surface area contributed by atoms with Crippen molar-refractivity contribution in [3.63, 3.8) is 0 Å². The summed E-state index contributed by atoms with van der Waals surface area (Å²) in [5, 5.41) is 0. The molecule has 0 aliphatic carbocycles. The molecule has 0 aromatic rings. The summed E-state index contributed by atoms with van der Waals surface area (Å²) < 4.78 is 40.7. The summed E-state index contributed by atoms with van der Waals surface area (Å²) in [6.07, 6.45) is -4.58. The van der Waals surface area contributed by atoms with Gasteiger partial charge < -0.3 is 10.5 Å². The van der Waals surface area contributed by atoms with Gasteiger partial charge in [0.25, 0.3) is 0 Å². The molecule has 0 bridgehead atoms. The normalized spacial score (nSPS) is 20.2. The fourth-order valence-electron chi connectivity index (χ4n) is 1.60. The first-order chi connectivity index (χ1) is 6.87. The van der Waals surface area contributed by atoms with Crippen LogP contribution in [0.1, 0.15) is 12.8 Å². The number of amides is 1. The molecular weight excluding hydrogens is 213 g/mol. The molecule has 0 saturated carbocycles. The molecule has 0 spiro atoms. The number of hydrogen-bond acceptors (Lipinski definition) is 3. The summed E-state index contributed by atoms with van der Waals surface area (Å²) >= 11 is 0. The Bertz CT molecular complexity index is 224. The average Bonchev–Trinajstić information content (AvgIpc) is 2.05. The molecule has 0 unspecified atom stereocenters. The van der Waals surface area contributed by atoms with E-state index in [0.29, 0.717) is 12.8 Å². The molecule has 4 nitrogen and oxygen atoms in total. The first kappa shape index (κ1) is 12.1. The van der Waals surface area contributed by atoms with Gasteiger partial charge in [0.15, 0.2) is 0 Å². The minimum Gasteiger partial charge on any atom is -0.446 e. The molecule has 1 heterocycles. The second-order valence-corrected chi connectivity index (χ2v) is 3.53. The zero-order chi connectivity index (χ0) is 11.5. The van der Waals surface area contributed by atoms with E-state index in [4.69, 9.17) is 10.5 Å². The molecule has 88 valence electrons. The van der Waals surface area contributed by atoms with E-state index >= 15 is 0 Å². The third-order valence-corrected chi connectivity index (χ3v) is 2.22. The monoisotopic (exact) mass is 226 g/mol. The molecule has 1 saturated heterocycles. The molecule has 1 fully saturated rings. The summed E-state index contributed by atoms with van der Waals surface area (Å²) in [5.74, 6) is 0. The number of carbonyl (C=O) groups is 1. The highest BCUT2D eigenvalue weighted by Gasteiger charge is 2.32. The van der Waals surface area contributed by atoms with Crippen molar-refractivity contribution in [1.82, 2.24) is 4.90 Å². The summed E-state index contributed by atoms with van der Waals surface area (Å²) in [6, 6.07) is 0. The van der Waals surface area contributed by atoms with Gasteiger partial charge in [-0.15, -0.1) is 0 Å². The first-order valence-corrected chi connectivity index (χ1v) is 4.62. The number of ether oxygens (including phenoxy) is 1. The Balaban J connectivity index is 2.27. The van der Waals surface area contributed by atoms with E-state index in [1.54, 1.807) is 0 Å². The van der Waals surface area contributed by atoms with E-state index in [2.05, 4.69) is 0 Å². The van der Waals surface area contributed by atoms with Crippen LogP contribution in [-0.4, -0.2) is 42.9 Å². The first-order valence-electron chi connectivity index (χ1n) is 4.62. The number of nitrogens with two attached hydrogens (primary N) is 1. The number of likely N-dealkylation sites (tertiary alicyclic amines) is 1. The Morgan fingerprint density at radius 3 is 2.33 bits per heavy atom. The Kier molecular flexibility index (Phi) is 3.78. The number of carbonyl (C=O) groups excluding carboxylic acids is 1. The molecule has 1 aliphatic heterocycles. The maximum atomic E-state index is 12.0. The van der Waals surface area contributed by atoms with Crippen LogP contribution in [0.2, 0.25) is 0 Å². The number of primary amides is 1. The zero-order valence-corrected chi connectivity index (χ0v) is 8.09. The van der Waals surface area contributed by atoms with Crippen LogP contribution in [0.25, 0.3) is 0 Å². The highest BCUT2D eigenvalue weighted by Crippen LogP contribution is 2.20. The quantitative estimate of drug-likeness (QED) is 0.767. The zero-order valence-electron chi connectivity index (χ0n) is 8.09. The van der Waals surface area contributed by atoms with Crippen molar-refractivity contribution in [2.24, 2.45) is 5.73 Å². The largest absolute Gasteiger partial charge is 0.446 e. The van der Waals surface area contributed by atoms with Gasteiger partial charge in [0.1, 0.15) is 6.10 Å². The Morgan fingerprint density at radius 1 is 1.40 bits per heavy atom. The molecule has 2 N–H and O–H groups in total.